The first-order valence-electron chi connectivity index (χ1n) is 10.2. The number of carbonyl (C=O) groups excluding carboxylic acids is 1. The van der Waals surface area contributed by atoms with Crippen molar-refractivity contribution in [1.29, 1.82) is 0 Å². The molecule has 0 unspecified atom stereocenters. The maximum Gasteiger partial charge on any atom is 0.336 e. The van der Waals surface area contributed by atoms with Crippen LogP contribution in [0.1, 0.15) is 6.92 Å². The Kier molecular flexibility index (Phi) is 6.70. The molecule has 33 heavy (non-hydrogen) atoms. The SMILES string of the molecule is CC(=O)Nc1ccc2c(ccc3c2c2cccc4c(=O)n(CCN(C)C)c(=O)n3c42)c1.Cl.Cl. The molecule has 0 radical (unpaired) electrons. The van der Waals surface area contributed by atoms with Gasteiger partial charge in [-0.25, -0.2) is 4.79 Å². The van der Waals surface area contributed by atoms with E-state index in [0.29, 0.717) is 29.7 Å². The van der Waals surface area contributed by atoms with Gasteiger partial charge in [0.25, 0.3) is 5.56 Å². The van der Waals surface area contributed by atoms with E-state index in [-0.39, 0.29) is 42.0 Å². The molecular weight excluding hydrogens is 463 g/mol. The predicted octanol–water partition coefficient (Wildman–Crippen LogP) is 3.72. The lowest BCUT2D eigenvalue weighted by Gasteiger charge is -2.12. The molecular formula is C24H24Cl2N4O3. The molecule has 0 atom stereocenters. The summed E-state index contributed by atoms with van der Waals surface area (Å²) in [4.78, 5) is 39.9. The molecule has 0 saturated heterocycles. The van der Waals surface area contributed by atoms with Gasteiger partial charge in [0.15, 0.2) is 0 Å². The largest absolute Gasteiger partial charge is 0.336 e. The zero-order valence-electron chi connectivity index (χ0n) is 18.4. The van der Waals surface area contributed by atoms with Crippen molar-refractivity contribution in [2.75, 3.05) is 26.0 Å². The van der Waals surface area contributed by atoms with Crippen LogP contribution in [0.4, 0.5) is 5.69 Å². The number of hydrogen-bond acceptors (Lipinski definition) is 4. The van der Waals surface area contributed by atoms with E-state index >= 15 is 0 Å². The number of carbonyl (C=O) groups is 1. The Labute approximate surface area is 201 Å². The molecule has 0 aliphatic carbocycles. The van der Waals surface area contributed by atoms with E-state index in [1.54, 1.807) is 10.5 Å². The molecule has 0 fully saturated rings. The van der Waals surface area contributed by atoms with Gasteiger partial charge in [-0.15, -0.1) is 24.8 Å². The van der Waals surface area contributed by atoms with Gasteiger partial charge in [-0.1, -0.05) is 24.3 Å². The molecule has 9 heteroatoms. The molecule has 1 amide bonds. The van der Waals surface area contributed by atoms with E-state index in [1.807, 2.05) is 61.5 Å². The summed E-state index contributed by atoms with van der Waals surface area (Å²) in [5.74, 6) is -0.130. The number of fused-ring (bicyclic) bond motifs is 5. The highest BCUT2D eigenvalue weighted by molar-refractivity contribution is 6.23. The van der Waals surface area contributed by atoms with Gasteiger partial charge in [0, 0.05) is 36.5 Å². The predicted molar refractivity (Wildman–Crippen MR) is 139 cm³/mol. The first kappa shape index (κ1) is 24.5. The van der Waals surface area contributed by atoms with Crippen LogP contribution in [0.15, 0.2) is 58.1 Å². The van der Waals surface area contributed by atoms with Gasteiger partial charge in [0.05, 0.1) is 16.4 Å². The van der Waals surface area contributed by atoms with E-state index in [2.05, 4.69) is 5.32 Å². The van der Waals surface area contributed by atoms with Crippen LogP contribution in [0.2, 0.25) is 0 Å². The zero-order chi connectivity index (χ0) is 21.9. The number of nitrogens with one attached hydrogen (secondary N) is 1. The Bertz CT molecular complexity index is 1620. The van der Waals surface area contributed by atoms with Gasteiger partial charge in [0.1, 0.15) is 0 Å². The highest BCUT2D eigenvalue weighted by atomic mass is 35.5. The molecule has 0 aliphatic heterocycles. The summed E-state index contributed by atoms with van der Waals surface area (Å²) in [6.07, 6.45) is 0. The number of rotatable bonds is 4. The average Bonchev–Trinajstić information content (AvgIpc) is 3.07. The fraction of sp³-hybridized carbons (Fsp3) is 0.208. The van der Waals surface area contributed by atoms with Crippen molar-refractivity contribution in [2.45, 2.75) is 13.5 Å². The van der Waals surface area contributed by atoms with Gasteiger partial charge in [-0.3, -0.25) is 18.6 Å². The maximum absolute atomic E-state index is 13.4. The van der Waals surface area contributed by atoms with Gasteiger partial charge >= 0.3 is 5.69 Å². The van der Waals surface area contributed by atoms with Crippen LogP contribution >= 0.6 is 24.8 Å². The van der Waals surface area contributed by atoms with Crippen LogP contribution in [-0.2, 0) is 11.3 Å². The third-order valence-electron chi connectivity index (χ3n) is 5.76. The summed E-state index contributed by atoms with van der Waals surface area (Å²) >= 11 is 0. The van der Waals surface area contributed by atoms with Crippen molar-refractivity contribution >= 4 is 74.4 Å². The Balaban J connectivity index is 0.00000153. The normalized spacial score (nSPS) is 11.3. The molecule has 0 aliphatic rings. The lowest BCUT2D eigenvalue weighted by atomic mass is 10.0. The van der Waals surface area contributed by atoms with Crippen LogP contribution in [0.3, 0.4) is 0 Å². The first-order valence-corrected chi connectivity index (χ1v) is 10.2. The number of aromatic nitrogens is 2. The number of amides is 1. The lowest BCUT2D eigenvalue weighted by molar-refractivity contribution is -0.114. The second kappa shape index (κ2) is 9.02. The van der Waals surface area contributed by atoms with Crippen LogP contribution in [0.25, 0.3) is 38.0 Å². The monoisotopic (exact) mass is 486 g/mol. The Morgan fingerprint density at radius 1 is 0.970 bits per heavy atom. The van der Waals surface area contributed by atoms with Crippen molar-refractivity contribution in [2.24, 2.45) is 0 Å². The van der Waals surface area contributed by atoms with E-state index in [1.165, 1.54) is 11.5 Å². The van der Waals surface area contributed by atoms with Crippen LogP contribution in [0, 0.1) is 0 Å². The van der Waals surface area contributed by atoms with Gasteiger partial charge in [0.2, 0.25) is 5.91 Å². The van der Waals surface area contributed by atoms with Crippen LogP contribution in [-0.4, -0.2) is 40.4 Å². The molecule has 172 valence electrons. The van der Waals surface area contributed by atoms with E-state index in [9.17, 15) is 14.4 Å². The summed E-state index contributed by atoms with van der Waals surface area (Å²) in [7, 11) is 3.83. The van der Waals surface area contributed by atoms with Crippen molar-refractivity contribution < 1.29 is 4.79 Å². The molecule has 0 bridgehead atoms. The molecule has 3 aromatic carbocycles. The molecule has 1 N–H and O–H groups in total. The van der Waals surface area contributed by atoms with Gasteiger partial charge < -0.3 is 10.2 Å². The van der Waals surface area contributed by atoms with Gasteiger partial charge in [-0.2, -0.15) is 0 Å². The Hall–Kier alpha value is -3.13. The van der Waals surface area contributed by atoms with Gasteiger partial charge in [-0.05, 0) is 49.1 Å². The molecule has 5 rings (SSSR count). The van der Waals surface area contributed by atoms with Crippen molar-refractivity contribution in [1.82, 2.24) is 13.9 Å². The highest BCUT2D eigenvalue weighted by Crippen LogP contribution is 2.35. The van der Waals surface area contributed by atoms with Crippen LogP contribution < -0.4 is 16.6 Å². The lowest BCUT2D eigenvalue weighted by Crippen LogP contribution is -2.39. The summed E-state index contributed by atoms with van der Waals surface area (Å²) in [6.45, 7) is 2.40. The maximum atomic E-state index is 13.4. The minimum absolute atomic E-state index is 0. The zero-order valence-corrected chi connectivity index (χ0v) is 20.0. The fourth-order valence-electron chi connectivity index (χ4n) is 4.40. The van der Waals surface area contributed by atoms with Crippen molar-refractivity contribution in [3.05, 3.63) is 69.4 Å². The highest BCUT2D eigenvalue weighted by Gasteiger charge is 2.20. The third-order valence-corrected chi connectivity index (χ3v) is 5.76. The smallest absolute Gasteiger partial charge is 0.326 e. The third kappa shape index (κ3) is 3.82. The number of para-hydroxylation sites is 1. The van der Waals surface area contributed by atoms with E-state index in [0.717, 1.165) is 27.1 Å². The summed E-state index contributed by atoms with van der Waals surface area (Å²) in [5, 5.41) is 7.06. The second-order valence-corrected chi connectivity index (χ2v) is 8.16. The number of hydrogen-bond donors (Lipinski definition) is 1. The minimum atomic E-state index is -0.320. The number of anilines is 1. The minimum Gasteiger partial charge on any atom is -0.326 e. The topological polar surface area (TPSA) is 75.8 Å². The van der Waals surface area contributed by atoms with Crippen LogP contribution in [0.5, 0.6) is 0 Å². The number of likely N-dealkylation sites (N-methyl/N-ethyl adjacent to an activating group) is 1. The first-order chi connectivity index (χ1) is 14.9. The molecule has 0 saturated carbocycles. The summed E-state index contributed by atoms with van der Waals surface area (Å²) < 4.78 is 2.99. The molecule has 2 aromatic heterocycles. The second-order valence-electron chi connectivity index (χ2n) is 8.16. The quantitative estimate of drug-likeness (QED) is 0.419. The van der Waals surface area contributed by atoms with E-state index < -0.39 is 0 Å². The Morgan fingerprint density at radius 3 is 2.39 bits per heavy atom. The molecule has 2 heterocycles. The summed E-state index contributed by atoms with van der Waals surface area (Å²) in [5.41, 5.74) is 1.57. The molecule has 0 spiro atoms. The van der Waals surface area contributed by atoms with Crippen molar-refractivity contribution in [3.63, 3.8) is 0 Å². The molecule has 7 nitrogen and oxygen atoms in total. The van der Waals surface area contributed by atoms with Crippen molar-refractivity contribution in [3.8, 4) is 0 Å². The number of nitrogens with zero attached hydrogens (tertiary/aromatic N) is 3. The summed E-state index contributed by atoms with van der Waals surface area (Å²) in [6, 6.07) is 15.2. The number of halogens is 2. The molecule has 5 aromatic rings. The fourth-order valence-corrected chi connectivity index (χ4v) is 4.40. The van der Waals surface area contributed by atoms with E-state index in [4.69, 9.17) is 0 Å². The average molecular weight is 487 g/mol. The number of benzene rings is 3. The standard InChI is InChI=1S/C24H22N4O3.2ClH/c1-14(29)25-16-8-9-17-15(13-16)7-10-20-21(17)18-5-4-6-19-22(18)28(20)24(31)27(23(19)30)12-11-26(2)3;;/h4-10,13H,11-12H2,1-3H3,(H,25,29);2*1H. The Morgan fingerprint density at radius 2 is 1.70 bits per heavy atom.